The molecule has 0 spiro atoms. The van der Waals surface area contributed by atoms with Crippen molar-refractivity contribution >= 4 is 5.78 Å². The van der Waals surface area contributed by atoms with Gasteiger partial charge < -0.3 is 5.11 Å². The van der Waals surface area contributed by atoms with Crippen molar-refractivity contribution in [2.45, 2.75) is 58.5 Å². The average molecular weight is 312 g/mol. The van der Waals surface area contributed by atoms with Crippen LogP contribution in [0.1, 0.15) is 52.4 Å². The predicted molar refractivity (Wildman–Crippen MR) is 91.8 cm³/mol. The summed E-state index contributed by atoms with van der Waals surface area (Å²) in [6.07, 6.45) is 12.2. The molecule has 23 heavy (non-hydrogen) atoms. The minimum absolute atomic E-state index is 0.0764. The predicted octanol–water partition coefficient (Wildman–Crippen LogP) is 4.21. The van der Waals surface area contributed by atoms with Crippen LogP contribution in [0.3, 0.4) is 0 Å². The van der Waals surface area contributed by atoms with Gasteiger partial charge in [-0.2, -0.15) is 0 Å². The van der Waals surface area contributed by atoms with Gasteiger partial charge in [0.05, 0.1) is 6.10 Å². The lowest BCUT2D eigenvalue weighted by Gasteiger charge is -2.56. The first kappa shape index (κ1) is 15.4. The number of hydrogen-bond donors (Lipinski definition) is 1. The standard InChI is InChI=1S/C21H28O2/c1-4-21-12-18(22)13(2)11-14(21)5-6-15-16-7-8-19(23)20(16,3)10-9-17(15)21/h5-6,11,15-18,22H,2,4,7-10,12H2,1,3H3/t15-,16-,17-,18-,20-,21-/m0/s1. The Morgan fingerprint density at radius 3 is 2.87 bits per heavy atom. The minimum atomic E-state index is -0.413. The molecule has 0 bridgehead atoms. The summed E-state index contributed by atoms with van der Waals surface area (Å²) in [5.41, 5.74) is 2.19. The average Bonchev–Trinajstić information content (AvgIpc) is 2.84. The zero-order valence-corrected chi connectivity index (χ0v) is 14.3. The first-order chi connectivity index (χ1) is 10.9. The lowest BCUT2D eigenvalue weighted by Crippen LogP contribution is -2.51. The van der Waals surface area contributed by atoms with Gasteiger partial charge in [0.15, 0.2) is 0 Å². The minimum Gasteiger partial charge on any atom is -0.388 e. The molecule has 2 fully saturated rings. The van der Waals surface area contributed by atoms with Crippen molar-refractivity contribution in [2.75, 3.05) is 0 Å². The zero-order valence-electron chi connectivity index (χ0n) is 14.3. The molecule has 0 amide bonds. The molecule has 0 radical (unpaired) electrons. The van der Waals surface area contributed by atoms with Crippen molar-refractivity contribution in [1.29, 1.82) is 0 Å². The third-order valence-corrected chi connectivity index (χ3v) is 7.78. The fourth-order valence-corrected chi connectivity index (χ4v) is 6.32. The van der Waals surface area contributed by atoms with Gasteiger partial charge in [-0.15, -0.1) is 0 Å². The summed E-state index contributed by atoms with van der Waals surface area (Å²) in [5.74, 6) is 2.04. The van der Waals surface area contributed by atoms with E-state index in [0.717, 1.165) is 44.1 Å². The Kier molecular flexibility index (Phi) is 3.29. The van der Waals surface area contributed by atoms with Gasteiger partial charge in [-0.3, -0.25) is 4.79 Å². The SMILES string of the molecule is C=C1C=C2C=C[C@@H]3[C@H](CC[C@]4(C)C(=O)CC[C@@H]34)[C@@]2(CC)C[C@@H]1O. The van der Waals surface area contributed by atoms with Crippen molar-refractivity contribution in [3.05, 3.63) is 36.0 Å². The van der Waals surface area contributed by atoms with Crippen LogP contribution in [0, 0.1) is 28.6 Å². The zero-order chi connectivity index (χ0) is 16.4. The lowest BCUT2D eigenvalue weighted by molar-refractivity contribution is -0.130. The molecule has 0 aromatic heterocycles. The summed E-state index contributed by atoms with van der Waals surface area (Å²) in [6, 6.07) is 0. The molecule has 0 heterocycles. The number of fused-ring (bicyclic) bond motifs is 5. The molecular weight excluding hydrogens is 284 g/mol. The van der Waals surface area contributed by atoms with E-state index in [-0.39, 0.29) is 10.8 Å². The smallest absolute Gasteiger partial charge is 0.139 e. The van der Waals surface area contributed by atoms with E-state index in [2.05, 4.69) is 38.7 Å². The topological polar surface area (TPSA) is 37.3 Å². The van der Waals surface area contributed by atoms with Crippen molar-refractivity contribution in [3.8, 4) is 0 Å². The molecule has 0 unspecified atom stereocenters. The molecule has 2 heteroatoms. The van der Waals surface area contributed by atoms with Crippen molar-refractivity contribution in [2.24, 2.45) is 28.6 Å². The largest absolute Gasteiger partial charge is 0.388 e. The maximum absolute atomic E-state index is 12.4. The van der Waals surface area contributed by atoms with E-state index in [1.54, 1.807) is 0 Å². The van der Waals surface area contributed by atoms with E-state index in [9.17, 15) is 9.90 Å². The molecule has 0 aliphatic heterocycles. The summed E-state index contributed by atoms with van der Waals surface area (Å²) >= 11 is 0. The van der Waals surface area contributed by atoms with Crippen molar-refractivity contribution in [1.82, 2.24) is 0 Å². The number of Topliss-reactive ketones (excluding diaryl/α,β-unsaturated/α-hetero) is 1. The molecule has 4 rings (SSSR count). The van der Waals surface area contributed by atoms with Crippen LogP contribution in [0.25, 0.3) is 0 Å². The Labute approximate surface area is 139 Å². The summed E-state index contributed by atoms with van der Waals surface area (Å²) in [4.78, 5) is 12.4. The second-order valence-electron chi connectivity index (χ2n) is 8.47. The summed E-state index contributed by atoms with van der Waals surface area (Å²) in [7, 11) is 0. The number of carbonyl (C=O) groups is 1. The van der Waals surface area contributed by atoms with Gasteiger partial charge in [0.25, 0.3) is 0 Å². The maximum Gasteiger partial charge on any atom is 0.139 e. The van der Waals surface area contributed by atoms with Gasteiger partial charge in [0.1, 0.15) is 5.78 Å². The lowest BCUT2D eigenvalue weighted by atomic mass is 9.48. The number of aliphatic hydroxyl groups is 1. The maximum atomic E-state index is 12.4. The number of allylic oxidation sites excluding steroid dienone is 3. The first-order valence-corrected chi connectivity index (χ1v) is 9.23. The fraction of sp³-hybridized carbons (Fsp3) is 0.667. The second-order valence-corrected chi connectivity index (χ2v) is 8.47. The molecule has 0 aromatic carbocycles. The van der Waals surface area contributed by atoms with Crippen LogP contribution in [0.2, 0.25) is 0 Å². The molecule has 0 saturated heterocycles. The number of ketones is 1. The summed E-state index contributed by atoms with van der Waals surface area (Å²) in [5, 5.41) is 10.5. The van der Waals surface area contributed by atoms with Crippen LogP contribution < -0.4 is 0 Å². The van der Waals surface area contributed by atoms with Crippen LogP contribution in [-0.4, -0.2) is 17.0 Å². The highest BCUT2D eigenvalue weighted by atomic mass is 16.3. The summed E-state index contributed by atoms with van der Waals surface area (Å²) < 4.78 is 0. The molecule has 2 saturated carbocycles. The number of carbonyl (C=O) groups excluding carboxylic acids is 1. The van der Waals surface area contributed by atoms with Gasteiger partial charge >= 0.3 is 0 Å². The van der Waals surface area contributed by atoms with Gasteiger partial charge in [-0.05, 0) is 61.0 Å². The number of aliphatic hydroxyl groups excluding tert-OH is 1. The van der Waals surface area contributed by atoms with Gasteiger partial charge in [0.2, 0.25) is 0 Å². The molecule has 2 nitrogen and oxygen atoms in total. The first-order valence-electron chi connectivity index (χ1n) is 9.23. The number of rotatable bonds is 1. The number of hydrogen-bond acceptors (Lipinski definition) is 2. The molecule has 0 aromatic rings. The Hall–Kier alpha value is -1.15. The van der Waals surface area contributed by atoms with Crippen LogP contribution in [0.15, 0.2) is 36.0 Å². The van der Waals surface area contributed by atoms with E-state index >= 15 is 0 Å². The normalized spacial score (nSPS) is 48.6. The molecule has 6 atom stereocenters. The van der Waals surface area contributed by atoms with Crippen molar-refractivity contribution < 1.29 is 9.90 Å². The van der Waals surface area contributed by atoms with E-state index in [1.165, 1.54) is 5.57 Å². The Morgan fingerprint density at radius 1 is 1.35 bits per heavy atom. The van der Waals surface area contributed by atoms with Crippen LogP contribution in [-0.2, 0) is 4.79 Å². The van der Waals surface area contributed by atoms with Crippen LogP contribution in [0.4, 0.5) is 0 Å². The second kappa shape index (κ2) is 4.92. The Morgan fingerprint density at radius 2 is 2.13 bits per heavy atom. The van der Waals surface area contributed by atoms with Crippen LogP contribution in [0.5, 0.6) is 0 Å². The molecular formula is C21H28O2. The fourth-order valence-electron chi connectivity index (χ4n) is 6.32. The quantitative estimate of drug-likeness (QED) is 0.787. The molecule has 4 aliphatic carbocycles. The Balaban J connectivity index is 1.79. The van der Waals surface area contributed by atoms with Gasteiger partial charge in [0, 0.05) is 17.3 Å². The van der Waals surface area contributed by atoms with Crippen molar-refractivity contribution in [3.63, 3.8) is 0 Å². The third-order valence-electron chi connectivity index (χ3n) is 7.78. The third kappa shape index (κ3) is 1.88. The highest BCUT2D eigenvalue weighted by molar-refractivity contribution is 5.87. The molecule has 4 aliphatic rings. The van der Waals surface area contributed by atoms with E-state index in [1.807, 2.05) is 0 Å². The van der Waals surface area contributed by atoms with Gasteiger partial charge in [-0.25, -0.2) is 0 Å². The Bertz CT molecular complexity index is 628. The van der Waals surface area contributed by atoms with Crippen LogP contribution >= 0.6 is 0 Å². The molecule has 1 N–H and O–H groups in total. The van der Waals surface area contributed by atoms with Gasteiger partial charge in [-0.1, -0.05) is 38.7 Å². The highest BCUT2D eigenvalue weighted by Crippen LogP contribution is 2.63. The van der Waals surface area contributed by atoms with E-state index < -0.39 is 6.10 Å². The highest BCUT2D eigenvalue weighted by Gasteiger charge is 2.58. The summed E-state index contributed by atoms with van der Waals surface area (Å²) in [6.45, 7) is 8.49. The van der Waals surface area contributed by atoms with E-state index in [4.69, 9.17) is 0 Å². The van der Waals surface area contributed by atoms with E-state index in [0.29, 0.717) is 23.5 Å². The molecule has 124 valence electrons. The monoisotopic (exact) mass is 312 g/mol.